The van der Waals surface area contributed by atoms with E-state index in [1.807, 2.05) is 35.7 Å². The Balaban J connectivity index is 1.91. The van der Waals surface area contributed by atoms with Gasteiger partial charge in [0.15, 0.2) is 5.13 Å². The number of phenols is 1. The molecular formula is C14H12N2OS2. The molecule has 3 aromatic rings. The number of thiazole rings is 1. The number of hydrogen-bond acceptors (Lipinski definition) is 5. The van der Waals surface area contributed by atoms with Crippen LogP contribution in [0.4, 0.5) is 5.13 Å². The third kappa shape index (κ3) is 2.52. The third-order valence-corrected chi connectivity index (χ3v) is 4.64. The summed E-state index contributed by atoms with van der Waals surface area (Å²) < 4.78 is 0. The highest BCUT2D eigenvalue weighted by Gasteiger charge is 2.06. The molecule has 96 valence electrons. The van der Waals surface area contributed by atoms with Crippen molar-refractivity contribution in [2.45, 2.75) is 10.6 Å². The van der Waals surface area contributed by atoms with Crippen molar-refractivity contribution in [1.29, 1.82) is 0 Å². The molecule has 1 aromatic heterocycles. The summed E-state index contributed by atoms with van der Waals surface area (Å²) in [5, 5.41) is 14.4. The van der Waals surface area contributed by atoms with Crippen LogP contribution in [0.5, 0.6) is 5.75 Å². The van der Waals surface area contributed by atoms with E-state index in [-0.39, 0.29) is 0 Å². The van der Waals surface area contributed by atoms with Crippen molar-refractivity contribution >= 4 is 39.0 Å². The van der Waals surface area contributed by atoms with E-state index in [1.54, 1.807) is 17.8 Å². The summed E-state index contributed by atoms with van der Waals surface area (Å²) in [5.74, 6) is 1.10. The molecule has 0 spiro atoms. The lowest BCUT2D eigenvalue weighted by molar-refractivity contribution is 0.481. The highest BCUT2D eigenvalue weighted by atomic mass is 32.2. The molecular weight excluding hydrogens is 276 g/mol. The molecule has 0 aliphatic heterocycles. The number of benzene rings is 2. The maximum atomic E-state index is 9.85. The van der Waals surface area contributed by atoms with E-state index in [0.717, 1.165) is 27.1 Å². The monoisotopic (exact) mass is 288 g/mol. The van der Waals surface area contributed by atoms with Crippen molar-refractivity contribution < 1.29 is 5.11 Å². The summed E-state index contributed by atoms with van der Waals surface area (Å²) in [5.41, 5.74) is 6.61. The lowest BCUT2D eigenvalue weighted by atomic mass is 10.1. The van der Waals surface area contributed by atoms with Crippen LogP contribution in [0.3, 0.4) is 0 Å². The molecule has 3 N–H and O–H groups in total. The average molecular weight is 288 g/mol. The highest BCUT2D eigenvalue weighted by Crippen LogP contribution is 2.34. The quantitative estimate of drug-likeness (QED) is 0.718. The zero-order valence-corrected chi connectivity index (χ0v) is 11.7. The van der Waals surface area contributed by atoms with Crippen LogP contribution in [0.2, 0.25) is 0 Å². The summed E-state index contributed by atoms with van der Waals surface area (Å²) in [4.78, 5) is 5.39. The van der Waals surface area contributed by atoms with Crippen LogP contribution in [-0.2, 0) is 5.75 Å². The van der Waals surface area contributed by atoms with Crippen LogP contribution in [0.25, 0.3) is 10.8 Å². The van der Waals surface area contributed by atoms with E-state index in [1.165, 1.54) is 11.3 Å². The Bertz CT molecular complexity index is 724. The number of nitrogen functional groups attached to an aromatic ring is 1. The number of thioether (sulfide) groups is 1. The molecule has 0 unspecified atom stereocenters. The predicted octanol–water partition coefficient (Wildman–Crippen LogP) is 3.88. The molecule has 0 aliphatic rings. The number of nitrogens with zero attached hydrogens (tertiary/aromatic N) is 1. The number of aromatic nitrogens is 1. The zero-order valence-electron chi connectivity index (χ0n) is 10.0. The minimum Gasteiger partial charge on any atom is -0.507 e. The van der Waals surface area contributed by atoms with E-state index in [0.29, 0.717) is 10.9 Å². The molecule has 3 nitrogen and oxygen atoms in total. The number of anilines is 1. The SMILES string of the molecule is Nc1nc(CSc2ccc(O)c3ccccc23)cs1. The molecule has 0 saturated heterocycles. The van der Waals surface area contributed by atoms with Gasteiger partial charge >= 0.3 is 0 Å². The van der Waals surface area contributed by atoms with Crippen molar-refractivity contribution in [2.24, 2.45) is 0 Å². The van der Waals surface area contributed by atoms with Gasteiger partial charge in [0, 0.05) is 21.4 Å². The largest absolute Gasteiger partial charge is 0.507 e. The first-order chi connectivity index (χ1) is 9.24. The minimum absolute atomic E-state index is 0.317. The second kappa shape index (κ2) is 5.11. The normalized spacial score (nSPS) is 10.9. The second-order valence-electron chi connectivity index (χ2n) is 4.09. The first-order valence-electron chi connectivity index (χ1n) is 5.77. The van der Waals surface area contributed by atoms with Gasteiger partial charge in [-0.1, -0.05) is 24.3 Å². The van der Waals surface area contributed by atoms with Crippen molar-refractivity contribution in [3.8, 4) is 5.75 Å². The molecule has 0 aliphatic carbocycles. The minimum atomic E-state index is 0.317. The smallest absolute Gasteiger partial charge is 0.180 e. The Morgan fingerprint density at radius 1 is 1.16 bits per heavy atom. The number of nitrogens with two attached hydrogens (primary N) is 1. The number of fused-ring (bicyclic) bond motifs is 1. The van der Waals surface area contributed by atoms with Gasteiger partial charge in [0.25, 0.3) is 0 Å². The molecule has 2 aromatic carbocycles. The van der Waals surface area contributed by atoms with Gasteiger partial charge in [-0.05, 0) is 17.5 Å². The van der Waals surface area contributed by atoms with Gasteiger partial charge in [0.05, 0.1) is 5.69 Å². The molecule has 3 rings (SSSR count). The molecule has 0 amide bonds. The van der Waals surface area contributed by atoms with Crippen LogP contribution in [0, 0.1) is 0 Å². The lowest BCUT2D eigenvalue weighted by Gasteiger charge is -2.07. The van der Waals surface area contributed by atoms with Crippen molar-refractivity contribution in [2.75, 3.05) is 5.73 Å². The standard InChI is InChI=1S/C14H12N2OS2/c15-14-16-9(8-19-14)7-18-13-6-5-12(17)10-3-1-2-4-11(10)13/h1-6,8,17H,7H2,(H2,15,16). The van der Waals surface area contributed by atoms with Crippen LogP contribution in [0.15, 0.2) is 46.7 Å². The van der Waals surface area contributed by atoms with E-state index in [2.05, 4.69) is 4.98 Å². The van der Waals surface area contributed by atoms with Crippen LogP contribution in [-0.4, -0.2) is 10.1 Å². The van der Waals surface area contributed by atoms with Crippen molar-refractivity contribution in [3.05, 3.63) is 47.5 Å². The van der Waals surface area contributed by atoms with E-state index in [9.17, 15) is 5.11 Å². The lowest BCUT2D eigenvalue weighted by Crippen LogP contribution is -1.85. The summed E-state index contributed by atoms with van der Waals surface area (Å²) >= 11 is 3.16. The summed E-state index contributed by atoms with van der Waals surface area (Å²) in [6.45, 7) is 0. The van der Waals surface area contributed by atoms with E-state index in [4.69, 9.17) is 5.73 Å². The van der Waals surface area contributed by atoms with Gasteiger partial charge in [-0.3, -0.25) is 0 Å². The Morgan fingerprint density at radius 2 is 1.95 bits per heavy atom. The van der Waals surface area contributed by atoms with Gasteiger partial charge in [-0.25, -0.2) is 4.98 Å². The first kappa shape index (κ1) is 12.3. The zero-order chi connectivity index (χ0) is 13.2. The highest BCUT2D eigenvalue weighted by molar-refractivity contribution is 7.98. The molecule has 1 heterocycles. The number of hydrogen-bond donors (Lipinski definition) is 2. The molecule has 0 bridgehead atoms. The maximum Gasteiger partial charge on any atom is 0.180 e. The van der Waals surface area contributed by atoms with Crippen molar-refractivity contribution in [1.82, 2.24) is 4.98 Å². The number of rotatable bonds is 3. The van der Waals surface area contributed by atoms with Crippen molar-refractivity contribution in [3.63, 3.8) is 0 Å². The fourth-order valence-corrected chi connectivity index (χ4v) is 3.54. The topological polar surface area (TPSA) is 59.1 Å². The van der Waals surface area contributed by atoms with Gasteiger partial charge in [-0.15, -0.1) is 23.1 Å². The Hall–Kier alpha value is -1.72. The fraction of sp³-hybridized carbons (Fsp3) is 0.0714. The summed E-state index contributed by atoms with van der Waals surface area (Å²) in [6, 6.07) is 11.5. The van der Waals surface area contributed by atoms with E-state index < -0.39 is 0 Å². The molecule has 0 atom stereocenters. The van der Waals surface area contributed by atoms with E-state index >= 15 is 0 Å². The molecule has 19 heavy (non-hydrogen) atoms. The predicted molar refractivity (Wildman–Crippen MR) is 81.7 cm³/mol. The number of aromatic hydroxyl groups is 1. The summed E-state index contributed by atoms with van der Waals surface area (Å²) in [7, 11) is 0. The Kier molecular flexibility index (Phi) is 3.31. The van der Waals surface area contributed by atoms with Gasteiger partial charge in [0.2, 0.25) is 0 Å². The Labute approximate surface area is 119 Å². The molecule has 0 radical (unpaired) electrons. The van der Waals surface area contributed by atoms with Crippen LogP contribution in [0.1, 0.15) is 5.69 Å². The molecule has 5 heteroatoms. The van der Waals surface area contributed by atoms with Gasteiger partial charge in [0.1, 0.15) is 5.75 Å². The van der Waals surface area contributed by atoms with Crippen LogP contribution < -0.4 is 5.73 Å². The van der Waals surface area contributed by atoms with Gasteiger partial charge in [-0.2, -0.15) is 0 Å². The molecule has 0 saturated carbocycles. The van der Waals surface area contributed by atoms with Crippen LogP contribution >= 0.6 is 23.1 Å². The molecule has 0 fully saturated rings. The van der Waals surface area contributed by atoms with Gasteiger partial charge < -0.3 is 10.8 Å². The summed E-state index contributed by atoms with van der Waals surface area (Å²) in [6.07, 6.45) is 0. The second-order valence-corrected chi connectivity index (χ2v) is 6.00. The average Bonchev–Trinajstić information content (AvgIpc) is 2.84. The fourth-order valence-electron chi connectivity index (χ4n) is 1.92. The first-order valence-corrected chi connectivity index (χ1v) is 7.64. The maximum absolute atomic E-state index is 9.85. The Morgan fingerprint density at radius 3 is 2.68 bits per heavy atom. The third-order valence-electron chi connectivity index (χ3n) is 2.81. The number of phenolic OH excluding ortho intramolecular Hbond substituents is 1.